The van der Waals surface area contributed by atoms with Crippen molar-refractivity contribution in [3.63, 3.8) is 0 Å². The number of aromatic nitrogens is 2. The Bertz CT molecular complexity index is 410. The summed E-state index contributed by atoms with van der Waals surface area (Å²) in [5, 5.41) is 13.5. The Morgan fingerprint density at radius 3 is 2.56 bits per heavy atom. The van der Waals surface area contributed by atoms with Gasteiger partial charge in [-0.15, -0.1) is 0 Å². The van der Waals surface area contributed by atoms with E-state index in [2.05, 4.69) is 18.9 Å². The number of likely N-dealkylation sites (N-methyl/N-ethyl adjacent to an activating group) is 1. The van der Waals surface area contributed by atoms with Crippen LogP contribution in [0, 0.1) is 0 Å². The lowest BCUT2D eigenvalue weighted by atomic mass is 10.0. The van der Waals surface area contributed by atoms with Crippen molar-refractivity contribution in [2.24, 2.45) is 0 Å². The van der Waals surface area contributed by atoms with E-state index in [-0.39, 0.29) is 0 Å². The van der Waals surface area contributed by atoms with Gasteiger partial charge in [0, 0.05) is 24.3 Å². The van der Waals surface area contributed by atoms with Gasteiger partial charge < -0.3 is 5.11 Å². The van der Waals surface area contributed by atoms with Crippen LogP contribution in [0.25, 0.3) is 0 Å². The van der Waals surface area contributed by atoms with Crippen LogP contribution in [0.5, 0.6) is 0 Å². The van der Waals surface area contributed by atoms with E-state index in [0.29, 0.717) is 19.1 Å². The molecule has 5 heteroatoms. The van der Waals surface area contributed by atoms with Crippen molar-refractivity contribution in [2.45, 2.75) is 52.7 Å². The zero-order chi connectivity index (χ0) is 13.9. The smallest absolute Gasteiger partial charge is 0.323 e. The van der Waals surface area contributed by atoms with Gasteiger partial charge in [-0.1, -0.05) is 6.92 Å². The monoisotopic (exact) mass is 253 g/mol. The van der Waals surface area contributed by atoms with Crippen molar-refractivity contribution in [2.75, 3.05) is 6.54 Å². The highest BCUT2D eigenvalue weighted by Crippen LogP contribution is 2.18. The van der Waals surface area contributed by atoms with E-state index < -0.39 is 11.5 Å². The van der Waals surface area contributed by atoms with Crippen LogP contribution in [0.1, 0.15) is 46.2 Å². The molecular formula is C13H23N3O2. The minimum Gasteiger partial charge on any atom is -0.480 e. The summed E-state index contributed by atoms with van der Waals surface area (Å²) in [5.41, 5.74) is 0.175. The van der Waals surface area contributed by atoms with Gasteiger partial charge in [0.2, 0.25) is 0 Å². The number of hydrogen-bond acceptors (Lipinski definition) is 3. The molecule has 0 saturated heterocycles. The summed E-state index contributed by atoms with van der Waals surface area (Å²) >= 11 is 0. The van der Waals surface area contributed by atoms with Crippen LogP contribution in [-0.4, -0.2) is 37.8 Å². The average molecular weight is 253 g/mol. The second-order valence-electron chi connectivity index (χ2n) is 5.30. The number of aliphatic carboxylic acids is 1. The van der Waals surface area contributed by atoms with E-state index in [4.69, 9.17) is 0 Å². The van der Waals surface area contributed by atoms with Crippen LogP contribution < -0.4 is 0 Å². The van der Waals surface area contributed by atoms with Gasteiger partial charge in [0.1, 0.15) is 5.54 Å². The molecule has 0 aliphatic carbocycles. The van der Waals surface area contributed by atoms with E-state index in [0.717, 1.165) is 5.56 Å². The van der Waals surface area contributed by atoms with E-state index in [1.807, 2.05) is 22.7 Å². The molecule has 18 heavy (non-hydrogen) atoms. The third-order valence-corrected chi connectivity index (χ3v) is 3.25. The van der Waals surface area contributed by atoms with Crippen molar-refractivity contribution >= 4 is 5.97 Å². The third kappa shape index (κ3) is 3.10. The molecule has 5 nitrogen and oxygen atoms in total. The van der Waals surface area contributed by atoms with Crippen LogP contribution in [0.15, 0.2) is 12.4 Å². The molecule has 1 N–H and O–H groups in total. The van der Waals surface area contributed by atoms with Crippen LogP contribution in [0.3, 0.4) is 0 Å². The number of carboxylic acid groups (broad SMARTS) is 1. The third-order valence-electron chi connectivity index (χ3n) is 3.25. The van der Waals surface area contributed by atoms with Crippen LogP contribution in [-0.2, 0) is 11.3 Å². The zero-order valence-electron chi connectivity index (χ0n) is 11.8. The van der Waals surface area contributed by atoms with Gasteiger partial charge in [0.15, 0.2) is 0 Å². The summed E-state index contributed by atoms with van der Waals surface area (Å²) in [6, 6.07) is 0.321. The Balaban J connectivity index is 2.83. The summed E-state index contributed by atoms with van der Waals surface area (Å²) in [6.45, 7) is 10.8. The highest BCUT2D eigenvalue weighted by molar-refractivity contribution is 5.77. The minimum atomic E-state index is -0.866. The van der Waals surface area contributed by atoms with Gasteiger partial charge in [-0.25, -0.2) is 0 Å². The second-order valence-corrected chi connectivity index (χ2v) is 5.30. The molecular weight excluding hydrogens is 230 g/mol. The maximum Gasteiger partial charge on any atom is 0.323 e. The van der Waals surface area contributed by atoms with E-state index in [1.165, 1.54) is 0 Å². The van der Waals surface area contributed by atoms with Crippen LogP contribution in [0.2, 0.25) is 0 Å². The van der Waals surface area contributed by atoms with Crippen molar-refractivity contribution in [3.05, 3.63) is 18.0 Å². The van der Waals surface area contributed by atoms with Gasteiger partial charge >= 0.3 is 5.97 Å². The number of carbonyl (C=O) groups is 1. The predicted molar refractivity (Wildman–Crippen MR) is 70.4 cm³/mol. The van der Waals surface area contributed by atoms with Gasteiger partial charge in [0.05, 0.1) is 6.20 Å². The largest absolute Gasteiger partial charge is 0.480 e. The molecule has 0 aliphatic rings. The molecule has 102 valence electrons. The number of rotatable bonds is 6. The Morgan fingerprint density at radius 1 is 1.56 bits per heavy atom. The van der Waals surface area contributed by atoms with Gasteiger partial charge in [-0.05, 0) is 34.2 Å². The molecule has 0 spiro atoms. The fourth-order valence-corrected chi connectivity index (χ4v) is 1.80. The molecule has 0 atom stereocenters. The molecule has 1 aromatic rings. The van der Waals surface area contributed by atoms with E-state index in [9.17, 15) is 9.90 Å². The normalized spacial score (nSPS) is 12.4. The summed E-state index contributed by atoms with van der Waals surface area (Å²) < 4.78 is 1.89. The predicted octanol–water partition coefficient (Wildman–Crippen LogP) is 2.15. The standard InChI is InChI=1S/C13H23N3O2/c1-6-15(13(4,5)12(17)18)8-11-7-14-16(9-11)10(2)3/h7,9-10H,6,8H2,1-5H3,(H,17,18). The lowest BCUT2D eigenvalue weighted by molar-refractivity contribution is -0.149. The SMILES string of the molecule is CCN(Cc1cnn(C(C)C)c1)C(C)(C)C(=O)O. The zero-order valence-corrected chi connectivity index (χ0v) is 11.8. The van der Waals surface area contributed by atoms with Crippen LogP contribution >= 0.6 is 0 Å². The van der Waals surface area contributed by atoms with Crippen molar-refractivity contribution in [1.82, 2.24) is 14.7 Å². The Hall–Kier alpha value is -1.36. The van der Waals surface area contributed by atoms with Gasteiger partial charge in [0.25, 0.3) is 0 Å². The molecule has 0 fully saturated rings. The molecule has 0 saturated carbocycles. The van der Waals surface area contributed by atoms with Crippen molar-refractivity contribution in [1.29, 1.82) is 0 Å². The van der Waals surface area contributed by atoms with Gasteiger partial charge in [-0.3, -0.25) is 14.4 Å². The first-order chi connectivity index (χ1) is 8.28. The second kappa shape index (κ2) is 5.52. The lowest BCUT2D eigenvalue weighted by Crippen LogP contribution is -2.49. The molecule has 1 aromatic heterocycles. The first-order valence-corrected chi connectivity index (χ1v) is 6.30. The van der Waals surface area contributed by atoms with Crippen LogP contribution in [0.4, 0.5) is 0 Å². The summed E-state index contributed by atoms with van der Waals surface area (Å²) in [4.78, 5) is 13.2. The summed E-state index contributed by atoms with van der Waals surface area (Å²) in [5.74, 6) is -0.805. The Labute approximate surface area is 108 Å². The number of carboxylic acids is 1. The number of nitrogens with zero attached hydrogens (tertiary/aromatic N) is 3. The molecule has 1 heterocycles. The fourth-order valence-electron chi connectivity index (χ4n) is 1.80. The average Bonchev–Trinajstić information content (AvgIpc) is 2.73. The first-order valence-electron chi connectivity index (χ1n) is 6.30. The molecule has 0 radical (unpaired) electrons. The first kappa shape index (κ1) is 14.7. The van der Waals surface area contributed by atoms with Crippen molar-refractivity contribution in [3.8, 4) is 0 Å². The van der Waals surface area contributed by atoms with E-state index in [1.54, 1.807) is 20.0 Å². The highest BCUT2D eigenvalue weighted by Gasteiger charge is 2.33. The van der Waals surface area contributed by atoms with Crippen molar-refractivity contribution < 1.29 is 9.90 Å². The van der Waals surface area contributed by atoms with E-state index >= 15 is 0 Å². The molecule has 0 unspecified atom stereocenters. The summed E-state index contributed by atoms with van der Waals surface area (Å²) in [6.07, 6.45) is 3.78. The maximum atomic E-state index is 11.3. The topological polar surface area (TPSA) is 58.4 Å². The molecule has 0 aromatic carbocycles. The Kier molecular flexibility index (Phi) is 4.51. The minimum absolute atomic E-state index is 0.321. The molecule has 0 aliphatic heterocycles. The fraction of sp³-hybridized carbons (Fsp3) is 0.692. The molecule has 1 rings (SSSR count). The maximum absolute atomic E-state index is 11.3. The quantitative estimate of drug-likeness (QED) is 0.844. The summed E-state index contributed by atoms with van der Waals surface area (Å²) in [7, 11) is 0. The molecule has 0 amide bonds. The lowest BCUT2D eigenvalue weighted by Gasteiger charge is -2.33. The van der Waals surface area contributed by atoms with Gasteiger partial charge in [-0.2, -0.15) is 5.10 Å². The highest BCUT2D eigenvalue weighted by atomic mass is 16.4. The number of hydrogen-bond donors (Lipinski definition) is 1. The Morgan fingerprint density at radius 2 is 2.17 bits per heavy atom. The molecule has 0 bridgehead atoms.